The number of hydrogen-bond donors (Lipinski definition) is 3. The van der Waals surface area contributed by atoms with Gasteiger partial charge in [0.1, 0.15) is 5.82 Å². The smallest absolute Gasteiger partial charge is 0.241 e. The summed E-state index contributed by atoms with van der Waals surface area (Å²) in [5.74, 6) is 0.510. The highest BCUT2D eigenvalue weighted by atomic mass is 32.2. The topological polar surface area (TPSA) is 128 Å². The van der Waals surface area contributed by atoms with Crippen LogP contribution in [0.4, 0.5) is 0 Å². The van der Waals surface area contributed by atoms with Crippen LogP contribution < -0.4 is 10.0 Å². The number of benzene rings is 3. The van der Waals surface area contributed by atoms with Gasteiger partial charge in [0.2, 0.25) is 15.9 Å². The Bertz CT molecular complexity index is 1520. The van der Waals surface area contributed by atoms with Crippen molar-refractivity contribution in [2.24, 2.45) is 0 Å². The third kappa shape index (κ3) is 6.61. The average Bonchev–Trinajstić information content (AvgIpc) is 3.42. The van der Waals surface area contributed by atoms with Crippen LogP contribution in [-0.2, 0) is 14.8 Å². The number of nitrogens with one attached hydrogen (secondary N) is 3. The minimum atomic E-state index is -3.86. The Hall–Kier alpha value is -4.00. The van der Waals surface area contributed by atoms with Crippen molar-refractivity contribution in [2.45, 2.75) is 43.0 Å². The molecule has 0 radical (unpaired) electrons. The summed E-state index contributed by atoms with van der Waals surface area (Å²) in [7, 11) is -2.25. The van der Waals surface area contributed by atoms with Gasteiger partial charge in [-0.25, -0.2) is 18.1 Å². The fraction of sp³-hybridized carbons (Fsp3) is 0.250. The molecular formula is C28H29N5O3S. The molecule has 3 aromatic carbocycles. The van der Waals surface area contributed by atoms with E-state index in [4.69, 9.17) is 5.26 Å². The van der Waals surface area contributed by atoms with Gasteiger partial charge in [-0.1, -0.05) is 49.2 Å². The number of aromatic nitrogens is 2. The number of carbonyl (C=O) groups is 1. The van der Waals surface area contributed by atoms with E-state index in [2.05, 4.69) is 32.1 Å². The second kappa shape index (κ2) is 11.8. The number of H-pyrrole nitrogens is 1. The molecule has 1 atom stereocenters. The number of carbonyl (C=O) groups excluding carboxylic acids is 1. The Morgan fingerprint density at radius 3 is 2.51 bits per heavy atom. The molecule has 8 nitrogen and oxygen atoms in total. The standard InChI is InChI=1S/C28H29N5O3S/c1-30-27(34)10-4-2-3-9-25(33-37(35,36)24-15-11-20(18-29)12-16-24)28-31-19-26(32-28)23-14-13-21-7-5-6-8-22(21)17-23/h5-8,11-17,19,25,33H,2-4,9-10H2,1H3,(H,30,34)(H,31,32)/t25-/m0/s1. The van der Waals surface area contributed by atoms with Crippen LogP contribution in [0, 0.1) is 11.3 Å². The summed E-state index contributed by atoms with van der Waals surface area (Å²) in [4.78, 5) is 19.4. The lowest BCUT2D eigenvalue weighted by molar-refractivity contribution is -0.120. The van der Waals surface area contributed by atoms with Gasteiger partial charge in [-0.05, 0) is 53.9 Å². The van der Waals surface area contributed by atoms with Gasteiger partial charge in [0.15, 0.2) is 0 Å². The van der Waals surface area contributed by atoms with Gasteiger partial charge in [-0.15, -0.1) is 0 Å². The summed E-state index contributed by atoms with van der Waals surface area (Å²) >= 11 is 0. The van der Waals surface area contributed by atoms with Crippen molar-refractivity contribution < 1.29 is 13.2 Å². The highest BCUT2D eigenvalue weighted by Gasteiger charge is 2.24. The van der Waals surface area contributed by atoms with Gasteiger partial charge >= 0.3 is 0 Å². The lowest BCUT2D eigenvalue weighted by Gasteiger charge is -2.17. The molecule has 1 amide bonds. The van der Waals surface area contributed by atoms with E-state index in [0.29, 0.717) is 30.7 Å². The molecule has 0 aliphatic carbocycles. The van der Waals surface area contributed by atoms with Crippen molar-refractivity contribution in [1.82, 2.24) is 20.0 Å². The molecule has 1 heterocycles. The van der Waals surface area contributed by atoms with Crippen LogP contribution in [0.5, 0.6) is 0 Å². The zero-order chi connectivity index (χ0) is 26.3. The zero-order valence-electron chi connectivity index (χ0n) is 20.6. The SMILES string of the molecule is CNC(=O)CCCCC[C@H](NS(=O)(=O)c1ccc(C#N)cc1)c1ncc(-c2ccc3ccccc3c2)[nH]1. The minimum Gasteiger partial charge on any atom is -0.359 e. The van der Waals surface area contributed by atoms with Gasteiger partial charge in [0, 0.05) is 19.0 Å². The third-order valence-electron chi connectivity index (χ3n) is 6.25. The third-order valence-corrected chi connectivity index (χ3v) is 7.74. The monoisotopic (exact) mass is 515 g/mol. The summed E-state index contributed by atoms with van der Waals surface area (Å²) in [6, 6.07) is 21.4. The first-order valence-electron chi connectivity index (χ1n) is 12.2. The predicted molar refractivity (Wildman–Crippen MR) is 143 cm³/mol. The molecule has 1 aromatic heterocycles. The molecule has 190 valence electrons. The van der Waals surface area contributed by atoms with Crippen molar-refractivity contribution in [3.05, 3.63) is 84.3 Å². The van der Waals surface area contributed by atoms with E-state index in [1.807, 2.05) is 36.4 Å². The second-order valence-electron chi connectivity index (χ2n) is 8.83. The van der Waals surface area contributed by atoms with Crippen molar-refractivity contribution in [2.75, 3.05) is 7.05 Å². The van der Waals surface area contributed by atoms with E-state index in [9.17, 15) is 13.2 Å². The van der Waals surface area contributed by atoms with E-state index in [1.54, 1.807) is 13.2 Å². The maximum atomic E-state index is 13.2. The predicted octanol–water partition coefficient (Wildman–Crippen LogP) is 4.82. The Kier molecular flexibility index (Phi) is 8.33. The lowest BCUT2D eigenvalue weighted by atomic mass is 10.1. The highest BCUT2D eigenvalue weighted by molar-refractivity contribution is 7.89. The molecule has 0 fully saturated rings. The normalized spacial score (nSPS) is 12.2. The maximum absolute atomic E-state index is 13.2. The Morgan fingerprint density at radius 1 is 1.03 bits per heavy atom. The largest absolute Gasteiger partial charge is 0.359 e. The fourth-order valence-electron chi connectivity index (χ4n) is 4.17. The summed E-state index contributed by atoms with van der Waals surface area (Å²) in [6.07, 6.45) is 4.87. The molecular weight excluding hydrogens is 486 g/mol. The maximum Gasteiger partial charge on any atom is 0.241 e. The number of amides is 1. The molecule has 0 saturated carbocycles. The summed E-state index contributed by atoms with van der Waals surface area (Å²) < 4.78 is 29.1. The number of rotatable bonds is 11. The molecule has 0 unspecified atom stereocenters. The van der Waals surface area contributed by atoms with Crippen molar-refractivity contribution in [3.63, 3.8) is 0 Å². The number of sulfonamides is 1. The van der Waals surface area contributed by atoms with E-state index in [0.717, 1.165) is 34.9 Å². The molecule has 0 aliphatic rings. The van der Waals surface area contributed by atoms with Crippen molar-refractivity contribution >= 4 is 26.7 Å². The number of nitrogens with zero attached hydrogens (tertiary/aromatic N) is 2. The number of imidazole rings is 1. The van der Waals surface area contributed by atoms with Crippen LogP contribution in [-0.4, -0.2) is 31.3 Å². The van der Waals surface area contributed by atoms with E-state index < -0.39 is 16.1 Å². The molecule has 0 bridgehead atoms. The Morgan fingerprint density at radius 2 is 1.78 bits per heavy atom. The van der Waals surface area contributed by atoms with Gasteiger partial charge in [-0.3, -0.25) is 4.79 Å². The van der Waals surface area contributed by atoms with Crippen LogP contribution in [0.3, 0.4) is 0 Å². The van der Waals surface area contributed by atoms with E-state index >= 15 is 0 Å². The van der Waals surface area contributed by atoms with Crippen LogP contribution in [0.1, 0.15) is 49.5 Å². The molecule has 37 heavy (non-hydrogen) atoms. The minimum absolute atomic E-state index is 0.0101. The van der Waals surface area contributed by atoms with E-state index in [-0.39, 0.29) is 10.8 Å². The average molecular weight is 516 g/mol. The Balaban J connectivity index is 1.55. The summed E-state index contributed by atoms with van der Waals surface area (Å²) in [6.45, 7) is 0. The number of hydrogen-bond acceptors (Lipinski definition) is 5. The van der Waals surface area contributed by atoms with Crippen molar-refractivity contribution in [3.8, 4) is 17.3 Å². The number of aromatic amines is 1. The first-order valence-corrected chi connectivity index (χ1v) is 13.6. The first-order chi connectivity index (χ1) is 17.9. The first kappa shape index (κ1) is 26.1. The number of fused-ring (bicyclic) bond motifs is 1. The highest BCUT2D eigenvalue weighted by Crippen LogP contribution is 2.27. The van der Waals surface area contributed by atoms with E-state index in [1.165, 1.54) is 24.3 Å². The van der Waals surface area contributed by atoms with Crippen molar-refractivity contribution in [1.29, 1.82) is 5.26 Å². The van der Waals surface area contributed by atoms with Gasteiger partial charge in [-0.2, -0.15) is 5.26 Å². The molecule has 3 N–H and O–H groups in total. The zero-order valence-corrected chi connectivity index (χ0v) is 21.4. The number of unbranched alkanes of at least 4 members (excludes halogenated alkanes) is 2. The van der Waals surface area contributed by atoms with Crippen LogP contribution in [0.2, 0.25) is 0 Å². The fourth-order valence-corrected chi connectivity index (χ4v) is 5.40. The molecule has 0 aliphatic heterocycles. The van der Waals surface area contributed by atoms with Gasteiger partial charge < -0.3 is 10.3 Å². The van der Waals surface area contributed by atoms with Crippen LogP contribution in [0.25, 0.3) is 22.0 Å². The molecule has 4 rings (SSSR count). The molecule has 0 saturated heterocycles. The Labute approximate surface area is 216 Å². The summed E-state index contributed by atoms with van der Waals surface area (Å²) in [5, 5.41) is 13.9. The quantitative estimate of drug-likeness (QED) is 0.247. The molecule has 4 aromatic rings. The molecule has 9 heteroatoms. The van der Waals surface area contributed by atoms with Crippen LogP contribution >= 0.6 is 0 Å². The number of nitriles is 1. The van der Waals surface area contributed by atoms with Crippen LogP contribution in [0.15, 0.2) is 77.8 Å². The molecule has 0 spiro atoms. The van der Waals surface area contributed by atoms with Gasteiger partial charge in [0.25, 0.3) is 0 Å². The van der Waals surface area contributed by atoms with Gasteiger partial charge in [0.05, 0.1) is 34.5 Å². The summed E-state index contributed by atoms with van der Waals surface area (Å²) in [5.41, 5.74) is 2.14. The second-order valence-corrected chi connectivity index (χ2v) is 10.5. The lowest BCUT2D eigenvalue weighted by Crippen LogP contribution is -2.29.